The molecule has 0 aliphatic carbocycles. The summed E-state index contributed by atoms with van der Waals surface area (Å²) >= 11 is 0. The molecule has 2 atom stereocenters. The van der Waals surface area contributed by atoms with Crippen molar-refractivity contribution >= 4 is 11.7 Å². The average molecular weight is 314 g/mol. The highest BCUT2D eigenvalue weighted by Crippen LogP contribution is 2.20. The zero-order valence-electron chi connectivity index (χ0n) is 14.0. The fourth-order valence-electron chi connectivity index (χ4n) is 3.28. The second kappa shape index (κ2) is 8.54. The van der Waals surface area contributed by atoms with Gasteiger partial charge in [0.2, 0.25) is 0 Å². The summed E-state index contributed by atoms with van der Waals surface area (Å²) in [6, 6.07) is 8.69. The molecule has 1 aliphatic rings. The molecule has 1 aromatic carbocycles. The van der Waals surface area contributed by atoms with Gasteiger partial charge in [0.15, 0.2) is 0 Å². The summed E-state index contributed by atoms with van der Waals surface area (Å²) in [5.74, 6) is 1.54. The molecule has 0 bridgehead atoms. The first kappa shape index (κ1) is 17.3. The number of benzene rings is 1. The molecular formula is C18H26N4O. The van der Waals surface area contributed by atoms with Gasteiger partial charge < -0.3 is 15.5 Å². The Labute approximate surface area is 138 Å². The summed E-state index contributed by atoms with van der Waals surface area (Å²) in [5, 5.41) is 14.4. The molecule has 5 nitrogen and oxygen atoms in total. The fraction of sp³-hybridized carbons (Fsp3) is 0.556. The van der Waals surface area contributed by atoms with Gasteiger partial charge >= 0.3 is 6.03 Å². The van der Waals surface area contributed by atoms with Crippen LogP contribution < -0.4 is 10.6 Å². The third kappa shape index (κ3) is 5.91. The number of anilines is 1. The van der Waals surface area contributed by atoms with Crippen LogP contribution in [0.1, 0.15) is 32.3 Å². The molecule has 1 aliphatic heterocycles. The summed E-state index contributed by atoms with van der Waals surface area (Å²) in [7, 11) is 0. The third-order valence-corrected chi connectivity index (χ3v) is 4.15. The van der Waals surface area contributed by atoms with Crippen LogP contribution in [0, 0.1) is 23.2 Å². The maximum absolute atomic E-state index is 11.8. The van der Waals surface area contributed by atoms with Gasteiger partial charge in [0.05, 0.1) is 11.6 Å². The molecule has 23 heavy (non-hydrogen) atoms. The standard InChI is InChI=1S/C18H26N4O/c1-14-10-15(2)13-22(12-14)9-3-8-20-18(23)21-17-6-4-16(11-19)5-7-17/h4-7,14-15H,3,8-10,12-13H2,1-2H3,(H2,20,21,23)/t14-,15+. The molecule has 0 aromatic heterocycles. The van der Waals surface area contributed by atoms with Crippen LogP contribution in [-0.4, -0.2) is 37.1 Å². The Hall–Kier alpha value is -2.06. The molecular weight excluding hydrogens is 288 g/mol. The van der Waals surface area contributed by atoms with Gasteiger partial charge in [-0.25, -0.2) is 4.79 Å². The monoisotopic (exact) mass is 314 g/mol. The molecule has 1 aromatic rings. The molecule has 1 saturated heterocycles. The van der Waals surface area contributed by atoms with Crippen molar-refractivity contribution < 1.29 is 4.79 Å². The molecule has 0 unspecified atom stereocenters. The first-order valence-corrected chi connectivity index (χ1v) is 8.34. The maximum atomic E-state index is 11.8. The van der Waals surface area contributed by atoms with E-state index in [-0.39, 0.29) is 6.03 Å². The van der Waals surface area contributed by atoms with E-state index in [9.17, 15) is 4.79 Å². The number of piperidine rings is 1. The SMILES string of the molecule is C[C@@H]1C[C@H](C)CN(CCCNC(=O)Nc2ccc(C#N)cc2)C1. The normalized spacial score (nSPS) is 21.4. The third-order valence-electron chi connectivity index (χ3n) is 4.15. The van der Waals surface area contributed by atoms with Crippen LogP contribution in [0.3, 0.4) is 0 Å². The van der Waals surface area contributed by atoms with Crippen molar-refractivity contribution in [3.05, 3.63) is 29.8 Å². The van der Waals surface area contributed by atoms with Crippen molar-refractivity contribution in [2.24, 2.45) is 11.8 Å². The highest BCUT2D eigenvalue weighted by molar-refractivity contribution is 5.89. The molecule has 1 fully saturated rings. The number of amides is 2. The summed E-state index contributed by atoms with van der Waals surface area (Å²) in [6.45, 7) is 8.66. The van der Waals surface area contributed by atoms with Crippen LogP contribution in [0.25, 0.3) is 0 Å². The molecule has 0 radical (unpaired) electrons. The quantitative estimate of drug-likeness (QED) is 0.821. The first-order chi connectivity index (χ1) is 11.1. The summed E-state index contributed by atoms with van der Waals surface area (Å²) in [5.41, 5.74) is 1.28. The molecule has 2 N–H and O–H groups in total. The van der Waals surface area contributed by atoms with Crippen molar-refractivity contribution in [1.29, 1.82) is 5.26 Å². The van der Waals surface area contributed by atoms with Gasteiger partial charge in [0.25, 0.3) is 0 Å². The lowest BCUT2D eigenvalue weighted by molar-refractivity contribution is 0.140. The Morgan fingerprint density at radius 2 is 1.91 bits per heavy atom. The van der Waals surface area contributed by atoms with E-state index < -0.39 is 0 Å². The van der Waals surface area contributed by atoms with Crippen LogP contribution in [0.2, 0.25) is 0 Å². The lowest BCUT2D eigenvalue weighted by Crippen LogP contribution is -2.40. The minimum absolute atomic E-state index is 0.199. The molecule has 2 amide bonds. The van der Waals surface area contributed by atoms with Gasteiger partial charge in [-0.15, -0.1) is 0 Å². The second-order valence-electron chi connectivity index (χ2n) is 6.63. The van der Waals surface area contributed by atoms with Crippen molar-refractivity contribution in [3.8, 4) is 6.07 Å². The highest BCUT2D eigenvalue weighted by Gasteiger charge is 2.20. The number of rotatable bonds is 5. The van der Waals surface area contributed by atoms with E-state index in [1.165, 1.54) is 19.5 Å². The number of carbonyl (C=O) groups is 1. The number of hydrogen-bond acceptors (Lipinski definition) is 3. The number of hydrogen-bond donors (Lipinski definition) is 2. The van der Waals surface area contributed by atoms with Gasteiger partial charge in [-0.3, -0.25) is 0 Å². The van der Waals surface area contributed by atoms with Gasteiger partial charge in [-0.1, -0.05) is 13.8 Å². The first-order valence-electron chi connectivity index (χ1n) is 8.34. The van der Waals surface area contributed by atoms with E-state index in [1.54, 1.807) is 24.3 Å². The molecule has 2 rings (SSSR count). The van der Waals surface area contributed by atoms with Crippen LogP contribution in [0.5, 0.6) is 0 Å². The van der Waals surface area contributed by atoms with Crippen LogP contribution in [-0.2, 0) is 0 Å². The average Bonchev–Trinajstić information content (AvgIpc) is 2.51. The van der Waals surface area contributed by atoms with Gasteiger partial charge in [-0.2, -0.15) is 5.26 Å². The van der Waals surface area contributed by atoms with Crippen molar-refractivity contribution in [3.63, 3.8) is 0 Å². The number of nitrogens with one attached hydrogen (secondary N) is 2. The number of urea groups is 1. The molecule has 0 spiro atoms. The second-order valence-corrected chi connectivity index (χ2v) is 6.63. The Morgan fingerprint density at radius 1 is 1.26 bits per heavy atom. The van der Waals surface area contributed by atoms with Gasteiger partial charge in [0, 0.05) is 25.3 Å². The zero-order valence-corrected chi connectivity index (χ0v) is 14.0. The fourth-order valence-corrected chi connectivity index (χ4v) is 3.28. The minimum Gasteiger partial charge on any atom is -0.338 e. The highest BCUT2D eigenvalue weighted by atomic mass is 16.2. The van der Waals surface area contributed by atoms with E-state index in [4.69, 9.17) is 5.26 Å². The van der Waals surface area contributed by atoms with Crippen LogP contribution >= 0.6 is 0 Å². The van der Waals surface area contributed by atoms with Crippen molar-refractivity contribution in [1.82, 2.24) is 10.2 Å². The predicted molar refractivity (Wildman–Crippen MR) is 92.2 cm³/mol. The van der Waals surface area contributed by atoms with E-state index in [0.29, 0.717) is 17.8 Å². The Morgan fingerprint density at radius 3 is 2.52 bits per heavy atom. The van der Waals surface area contributed by atoms with Crippen molar-refractivity contribution in [2.75, 3.05) is 31.5 Å². The number of likely N-dealkylation sites (tertiary alicyclic amines) is 1. The van der Waals surface area contributed by atoms with Gasteiger partial charge in [0.1, 0.15) is 0 Å². The molecule has 124 valence electrons. The summed E-state index contributed by atoms with van der Waals surface area (Å²) in [6.07, 6.45) is 2.28. The van der Waals surface area contributed by atoms with Crippen LogP contribution in [0.15, 0.2) is 24.3 Å². The largest absolute Gasteiger partial charge is 0.338 e. The lowest BCUT2D eigenvalue weighted by Gasteiger charge is -2.34. The Balaban J connectivity index is 1.63. The van der Waals surface area contributed by atoms with E-state index >= 15 is 0 Å². The van der Waals surface area contributed by atoms with E-state index in [1.807, 2.05) is 0 Å². The molecule has 1 heterocycles. The lowest BCUT2D eigenvalue weighted by atomic mass is 9.92. The smallest absolute Gasteiger partial charge is 0.319 e. The molecule has 0 saturated carbocycles. The number of nitrogens with zero attached hydrogens (tertiary/aromatic N) is 2. The minimum atomic E-state index is -0.199. The number of nitriles is 1. The molecule has 5 heteroatoms. The van der Waals surface area contributed by atoms with Gasteiger partial charge in [-0.05, 0) is 55.5 Å². The van der Waals surface area contributed by atoms with E-state index in [0.717, 1.165) is 24.8 Å². The summed E-state index contributed by atoms with van der Waals surface area (Å²) < 4.78 is 0. The van der Waals surface area contributed by atoms with Crippen molar-refractivity contribution in [2.45, 2.75) is 26.7 Å². The zero-order chi connectivity index (χ0) is 16.7. The topological polar surface area (TPSA) is 68.2 Å². The van der Waals surface area contributed by atoms with Crippen LogP contribution in [0.4, 0.5) is 10.5 Å². The summed E-state index contributed by atoms with van der Waals surface area (Å²) in [4.78, 5) is 14.3. The predicted octanol–water partition coefficient (Wildman–Crippen LogP) is 3.05. The maximum Gasteiger partial charge on any atom is 0.319 e. The Kier molecular flexibility index (Phi) is 6.42. The Bertz CT molecular complexity index is 539. The van der Waals surface area contributed by atoms with E-state index in [2.05, 4.69) is 35.5 Å². The number of carbonyl (C=O) groups excluding carboxylic acids is 1.